The van der Waals surface area contributed by atoms with Crippen LogP contribution in [0.1, 0.15) is 6.92 Å². The van der Waals surface area contributed by atoms with E-state index in [1.54, 1.807) is 0 Å². The lowest BCUT2D eigenvalue weighted by atomic mass is 10.4. The number of rotatable bonds is 2. The maximum Gasteiger partial charge on any atom is 0.405 e. The molecule has 0 aliphatic rings. The first-order chi connectivity index (χ1) is 4.83. The fraction of sp³-hybridized carbons (Fsp3) is 0.800. The molecule has 2 N–H and O–H groups in total. The Bertz CT molecular complexity index is 143. The summed E-state index contributed by atoms with van der Waals surface area (Å²) < 4.78 is 34.1. The summed E-state index contributed by atoms with van der Waals surface area (Å²) >= 11 is 0. The average molecular weight is 171 g/mol. The highest BCUT2D eigenvalue weighted by atomic mass is 19.4. The van der Waals surface area contributed by atoms with Crippen molar-refractivity contribution in [2.75, 3.05) is 6.54 Å². The summed E-state index contributed by atoms with van der Waals surface area (Å²) in [7, 11) is 0. The third kappa shape index (κ3) is 5.65. The van der Waals surface area contributed by atoms with Crippen LogP contribution in [0.3, 0.4) is 0 Å². The van der Waals surface area contributed by atoms with Gasteiger partial charge in [0.2, 0.25) is 5.91 Å². The lowest BCUT2D eigenvalue weighted by Gasteiger charge is -2.08. The fourth-order valence-electron chi connectivity index (χ4n) is 0.335. The van der Waals surface area contributed by atoms with Crippen molar-refractivity contribution < 1.29 is 23.1 Å². The van der Waals surface area contributed by atoms with E-state index in [9.17, 15) is 18.0 Å². The molecule has 0 heterocycles. The van der Waals surface area contributed by atoms with Crippen LogP contribution in [0, 0.1) is 0 Å². The van der Waals surface area contributed by atoms with E-state index >= 15 is 0 Å². The largest absolute Gasteiger partial charge is 0.405 e. The topological polar surface area (TPSA) is 49.3 Å². The number of aliphatic hydroxyl groups excluding tert-OH is 1. The van der Waals surface area contributed by atoms with Gasteiger partial charge in [-0.2, -0.15) is 13.2 Å². The molecular weight excluding hydrogens is 163 g/mol. The number of aliphatic hydroxyl groups is 1. The highest BCUT2D eigenvalue weighted by Gasteiger charge is 2.28. The third-order valence-electron chi connectivity index (χ3n) is 0.843. The van der Waals surface area contributed by atoms with Crippen LogP contribution in [-0.2, 0) is 4.79 Å². The lowest BCUT2D eigenvalue weighted by molar-refractivity contribution is -0.142. The summed E-state index contributed by atoms with van der Waals surface area (Å²) in [5.41, 5.74) is 0. The van der Waals surface area contributed by atoms with Gasteiger partial charge < -0.3 is 10.4 Å². The number of carbonyl (C=O) groups excluding carboxylic acids is 1. The van der Waals surface area contributed by atoms with Gasteiger partial charge >= 0.3 is 6.18 Å². The number of halogens is 3. The van der Waals surface area contributed by atoms with E-state index in [0.29, 0.717) is 0 Å². The molecule has 0 spiro atoms. The van der Waals surface area contributed by atoms with E-state index in [0.717, 1.165) is 6.92 Å². The summed E-state index contributed by atoms with van der Waals surface area (Å²) in [6, 6.07) is 0. The predicted octanol–water partition coefficient (Wildman–Crippen LogP) is 0.0457. The van der Waals surface area contributed by atoms with Crippen LogP contribution < -0.4 is 5.32 Å². The Labute approximate surface area is 61.2 Å². The van der Waals surface area contributed by atoms with Gasteiger partial charge in [-0.05, 0) is 6.92 Å². The molecule has 0 aromatic rings. The second kappa shape index (κ2) is 3.56. The Balaban J connectivity index is 3.64. The molecule has 11 heavy (non-hydrogen) atoms. The number of amides is 1. The Morgan fingerprint density at radius 1 is 1.64 bits per heavy atom. The van der Waals surface area contributed by atoms with Crippen molar-refractivity contribution in [1.82, 2.24) is 5.32 Å². The zero-order chi connectivity index (χ0) is 9.07. The van der Waals surface area contributed by atoms with E-state index < -0.39 is 24.7 Å². The minimum atomic E-state index is -4.43. The highest BCUT2D eigenvalue weighted by molar-refractivity contribution is 5.79. The van der Waals surface area contributed by atoms with Gasteiger partial charge in [0.05, 0.1) is 0 Å². The van der Waals surface area contributed by atoms with Crippen LogP contribution in [0.4, 0.5) is 13.2 Å². The molecule has 0 aliphatic carbocycles. The lowest BCUT2D eigenvalue weighted by Crippen LogP contribution is -2.38. The van der Waals surface area contributed by atoms with E-state index in [2.05, 4.69) is 0 Å². The number of alkyl halides is 3. The molecule has 0 saturated heterocycles. The van der Waals surface area contributed by atoms with E-state index in [4.69, 9.17) is 5.11 Å². The van der Waals surface area contributed by atoms with Gasteiger partial charge in [-0.3, -0.25) is 4.79 Å². The monoisotopic (exact) mass is 171 g/mol. The molecule has 6 heteroatoms. The Hall–Kier alpha value is -0.780. The summed E-state index contributed by atoms with van der Waals surface area (Å²) in [6.45, 7) is -0.317. The molecule has 0 bridgehead atoms. The molecule has 0 fully saturated rings. The van der Waals surface area contributed by atoms with E-state index in [1.165, 1.54) is 5.32 Å². The van der Waals surface area contributed by atoms with Gasteiger partial charge in [0.25, 0.3) is 0 Å². The van der Waals surface area contributed by atoms with Crippen LogP contribution in [-0.4, -0.2) is 29.8 Å². The highest BCUT2D eigenvalue weighted by Crippen LogP contribution is 2.11. The summed E-state index contributed by atoms with van der Waals surface area (Å²) in [5.74, 6) is -1.03. The summed E-state index contributed by atoms with van der Waals surface area (Å²) in [5, 5.41) is 9.95. The average Bonchev–Trinajstić information content (AvgIpc) is 1.80. The zero-order valence-electron chi connectivity index (χ0n) is 5.77. The normalized spacial score (nSPS) is 14.3. The molecule has 0 unspecified atom stereocenters. The minimum absolute atomic E-state index is 1.03. The van der Waals surface area contributed by atoms with Crippen molar-refractivity contribution in [3.63, 3.8) is 0 Å². The molecule has 0 saturated carbocycles. The summed E-state index contributed by atoms with van der Waals surface area (Å²) in [6.07, 6.45) is -5.83. The second-order valence-electron chi connectivity index (χ2n) is 2.01. The Kier molecular flexibility index (Phi) is 3.31. The third-order valence-corrected chi connectivity index (χ3v) is 0.843. The Morgan fingerprint density at radius 2 is 2.09 bits per heavy atom. The van der Waals surface area contributed by atoms with Gasteiger partial charge in [0.1, 0.15) is 12.6 Å². The molecule has 0 rings (SSSR count). The van der Waals surface area contributed by atoms with Crippen molar-refractivity contribution >= 4 is 5.91 Å². The van der Waals surface area contributed by atoms with Gasteiger partial charge in [-0.25, -0.2) is 0 Å². The Morgan fingerprint density at radius 3 is 2.36 bits per heavy atom. The molecular formula is C5H8F3NO2. The smallest absolute Gasteiger partial charge is 0.384 e. The number of carbonyl (C=O) groups is 1. The van der Waals surface area contributed by atoms with Gasteiger partial charge in [-0.1, -0.05) is 0 Å². The molecule has 0 aromatic carbocycles. The molecule has 0 aromatic heterocycles. The van der Waals surface area contributed by atoms with Crippen LogP contribution in [0.25, 0.3) is 0 Å². The molecule has 3 nitrogen and oxygen atoms in total. The van der Waals surface area contributed by atoms with Crippen LogP contribution >= 0.6 is 0 Å². The van der Waals surface area contributed by atoms with Crippen LogP contribution in [0.2, 0.25) is 0 Å². The molecule has 1 atom stereocenters. The van der Waals surface area contributed by atoms with Crippen LogP contribution in [0.15, 0.2) is 0 Å². The number of hydrogen-bond donors (Lipinski definition) is 2. The van der Waals surface area contributed by atoms with Crippen molar-refractivity contribution in [3.05, 3.63) is 0 Å². The standard InChI is InChI=1S/C5H8F3NO2/c1-3(10)4(11)9-2-5(6,7)8/h3,10H,2H2,1H3,(H,9,11)/t3-/m0/s1. The van der Waals surface area contributed by atoms with Gasteiger partial charge in [0.15, 0.2) is 0 Å². The zero-order valence-corrected chi connectivity index (χ0v) is 5.77. The quantitative estimate of drug-likeness (QED) is 0.616. The molecule has 0 radical (unpaired) electrons. The maximum absolute atomic E-state index is 11.4. The van der Waals surface area contributed by atoms with E-state index in [-0.39, 0.29) is 0 Å². The minimum Gasteiger partial charge on any atom is -0.384 e. The van der Waals surface area contributed by atoms with Crippen LogP contribution in [0.5, 0.6) is 0 Å². The number of hydrogen-bond acceptors (Lipinski definition) is 2. The predicted molar refractivity (Wildman–Crippen MR) is 30.7 cm³/mol. The van der Waals surface area contributed by atoms with Gasteiger partial charge in [-0.15, -0.1) is 0 Å². The van der Waals surface area contributed by atoms with Crippen molar-refractivity contribution in [2.24, 2.45) is 0 Å². The number of nitrogens with one attached hydrogen (secondary N) is 1. The first-order valence-corrected chi connectivity index (χ1v) is 2.85. The van der Waals surface area contributed by atoms with Crippen molar-refractivity contribution in [1.29, 1.82) is 0 Å². The van der Waals surface area contributed by atoms with Crippen molar-refractivity contribution in [2.45, 2.75) is 19.2 Å². The van der Waals surface area contributed by atoms with E-state index in [1.807, 2.05) is 0 Å². The fourth-order valence-corrected chi connectivity index (χ4v) is 0.335. The summed E-state index contributed by atoms with van der Waals surface area (Å²) in [4.78, 5) is 10.3. The second-order valence-corrected chi connectivity index (χ2v) is 2.01. The van der Waals surface area contributed by atoms with Gasteiger partial charge in [0, 0.05) is 0 Å². The molecule has 1 amide bonds. The SMILES string of the molecule is C[C@H](O)C(=O)NCC(F)(F)F. The maximum atomic E-state index is 11.4. The van der Waals surface area contributed by atoms with Crippen molar-refractivity contribution in [3.8, 4) is 0 Å². The molecule has 0 aliphatic heterocycles. The molecule has 66 valence electrons. The first kappa shape index (κ1) is 10.2. The first-order valence-electron chi connectivity index (χ1n) is 2.85.